The van der Waals surface area contributed by atoms with E-state index in [1.165, 1.54) is 5.56 Å². The zero-order valence-corrected chi connectivity index (χ0v) is 17.0. The number of nitrogens with zero attached hydrogens (tertiary/aromatic N) is 3. The molecule has 0 fully saturated rings. The Morgan fingerprint density at radius 1 is 1.07 bits per heavy atom. The number of para-hydroxylation sites is 1. The summed E-state index contributed by atoms with van der Waals surface area (Å²) in [5, 5.41) is 10.6. The summed E-state index contributed by atoms with van der Waals surface area (Å²) in [6, 6.07) is 21.8. The van der Waals surface area contributed by atoms with Crippen molar-refractivity contribution < 1.29 is 4.79 Å². The van der Waals surface area contributed by atoms with E-state index in [0.717, 1.165) is 27.4 Å². The molecule has 0 atom stereocenters. The van der Waals surface area contributed by atoms with E-state index in [1.54, 1.807) is 23.6 Å². The number of hydrogen-bond donors (Lipinski definition) is 1. The maximum atomic E-state index is 12.6. The molecule has 144 valence electrons. The van der Waals surface area contributed by atoms with Gasteiger partial charge in [0, 0.05) is 10.4 Å². The first-order valence-electron chi connectivity index (χ1n) is 9.22. The van der Waals surface area contributed by atoms with E-state index >= 15 is 0 Å². The van der Waals surface area contributed by atoms with E-state index in [9.17, 15) is 4.79 Å². The largest absolute Gasteiger partial charge is 0.291 e. The third-order valence-corrected chi connectivity index (χ3v) is 5.34. The first-order chi connectivity index (χ1) is 14.1. The highest BCUT2D eigenvalue weighted by molar-refractivity contribution is 7.11. The molecule has 2 aromatic heterocycles. The van der Waals surface area contributed by atoms with E-state index in [2.05, 4.69) is 27.8 Å². The van der Waals surface area contributed by atoms with E-state index in [0.29, 0.717) is 5.69 Å². The Kier molecular flexibility index (Phi) is 5.35. The average Bonchev–Trinajstić information content (AvgIpc) is 3.39. The lowest BCUT2D eigenvalue weighted by molar-refractivity contribution is 0.0949. The van der Waals surface area contributed by atoms with Gasteiger partial charge in [-0.15, -0.1) is 11.3 Å². The molecule has 2 heterocycles. The van der Waals surface area contributed by atoms with Crippen LogP contribution in [0.25, 0.3) is 16.9 Å². The molecular formula is C23H20N4OS. The van der Waals surface area contributed by atoms with Crippen LogP contribution in [-0.2, 0) is 0 Å². The Morgan fingerprint density at radius 3 is 2.59 bits per heavy atom. The molecule has 1 N–H and O–H groups in total. The average molecular weight is 401 g/mol. The van der Waals surface area contributed by atoms with Crippen molar-refractivity contribution in [2.75, 3.05) is 0 Å². The molecule has 0 aliphatic carbocycles. The number of amides is 1. The lowest BCUT2D eigenvalue weighted by atomic mass is 10.1. The Hall–Kier alpha value is -3.51. The Bertz CT molecular complexity index is 1160. The van der Waals surface area contributed by atoms with Gasteiger partial charge in [0.2, 0.25) is 0 Å². The number of hydrogen-bond acceptors (Lipinski definition) is 4. The van der Waals surface area contributed by atoms with Gasteiger partial charge in [-0.1, -0.05) is 54.1 Å². The highest BCUT2D eigenvalue weighted by Crippen LogP contribution is 2.26. The number of aryl methyl sites for hydroxylation is 2. The van der Waals surface area contributed by atoms with Crippen molar-refractivity contribution in [2.45, 2.75) is 13.8 Å². The van der Waals surface area contributed by atoms with Gasteiger partial charge in [-0.2, -0.15) is 10.2 Å². The number of carbonyl (C=O) groups excluding carboxylic acids is 1. The zero-order chi connectivity index (χ0) is 20.2. The molecule has 5 nitrogen and oxygen atoms in total. The normalized spacial score (nSPS) is 11.1. The molecule has 0 saturated heterocycles. The topological polar surface area (TPSA) is 59.3 Å². The van der Waals surface area contributed by atoms with Crippen LogP contribution in [0, 0.1) is 13.8 Å². The summed E-state index contributed by atoms with van der Waals surface area (Å²) in [6.45, 7) is 4.08. The Labute approximate surface area is 173 Å². The van der Waals surface area contributed by atoms with E-state index in [4.69, 9.17) is 0 Å². The lowest BCUT2D eigenvalue weighted by Gasteiger charge is -2.10. The van der Waals surface area contributed by atoms with Gasteiger partial charge in [0.1, 0.15) is 0 Å². The van der Waals surface area contributed by atoms with Gasteiger partial charge >= 0.3 is 0 Å². The number of hydrazone groups is 1. The minimum absolute atomic E-state index is 0.312. The first-order valence-corrected chi connectivity index (χ1v) is 10.1. The number of nitrogens with one attached hydrogen (secondary N) is 1. The molecule has 6 heteroatoms. The number of carbonyl (C=O) groups is 1. The SMILES string of the molecule is Cc1ccc(-c2cc(C(=O)N/N=C\c3cccs3)nn2-c2ccccc2C)cc1. The summed E-state index contributed by atoms with van der Waals surface area (Å²) in [7, 11) is 0. The van der Waals surface area contributed by atoms with Crippen LogP contribution in [-0.4, -0.2) is 21.9 Å². The van der Waals surface area contributed by atoms with Crippen molar-refractivity contribution in [3.8, 4) is 16.9 Å². The second-order valence-electron chi connectivity index (χ2n) is 6.69. The van der Waals surface area contributed by atoms with Crippen LogP contribution in [0.1, 0.15) is 26.5 Å². The Morgan fingerprint density at radius 2 is 1.86 bits per heavy atom. The predicted octanol–water partition coefficient (Wildman–Crippen LogP) is 4.98. The second-order valence-corrected chi connectivity index (χ2v) is 7.67. The molecule has 1 amide bonds. The van der Waals surface area contributed by atoms with Crippen LogP contribution in [0.15, 0.2) is 77.2 Å². The number of thiophene rings is 1. The van der Waals surface area contributed by atoms with Crippen LogP contribution in [0.5, 0.6) is 0 Å². The van der Waals surface area contributed by atoms with Gasteiger partial charge in [0.05, 0.1) is 17.6 Å². The summed E-state index contributed by atoms with van der Waals surface area (Å²) in [4.78, 5) is 13.6. The summed E-state index contributed by atoms with van der Waals surface area (Å²) < 4.78 is 1.82. The molecule has 0 spiro atoms. The van der Waals surface area contributed by atoms with Crippen LogP contribution >= 0.6 is 11.3 Å². The minimum Gasteiger partial charge on any atom is -0.265 e. The van der Waals surface area contributed by atoms with Crippen molar-refractivity contribution in [1.82, 2.24) is 15.2 Å². The molecule has 2 aromatic carbocycles. The fourth-order valence-corrected chi connectivity index (χ4v) is 3.57. The fourth-order valence-electron chi connectivity index (χ4n) is 2.98. The third kappa shape index (κ3) is 4.17. The summed E-state index contributed by atoms with van der Waals surface area (Å²) in [6.07, 6.45) is 1.63. The van der Waals surface area contributed by atoms with Gasteiger partial charge in [-0.05, 0) is 43.0 Å². The Balaban J connectivity index is 1.70. The maximum Gasteiger partial charge on any atom is 0.291 e. The number of rotatable bonds is 5. The molecule has 0 aliphatic heterocycles. The molecule has 4 rings (SSSR count). The van der Waals surface area contributed by atoms with E-state index in [1.807, 2.05) is 72.4 Å². The van der Waals surface area contributed by atoms with Gasteiger partial charge < -0.3 is 0 Å². The lowest BCUT2D eigenvalue weighted by Crippen LogP contribution is -2.18. The van der Waals surface area contributed by atoms with Gasteiger partial charge in [0.25, 0.3) is 5.91 Å². The number of benzene rings is 2. The van der Waals surface area contributed by atoms with Gasteiger partial charge in [0.15, 0.2) is 5.69 Å². The van der Waals surface area contributed by atoms with E-state index < -0.39 is 0 Å². The van der Waals surface area contributed by atoms with Crippen molar-refractivity contribution in [3.63, 3.8) is 0 Å². The van der Waals surface area contributed by atoms with Crippen LogP contribution in [0.2, 0.25) is 0 Å². The summed E-state index contributed by atoms with van der Waals surface area (Å²) in [5.41, 5.74) is 7.91. The molecule has 0 aliphatic rings. The highest BCUT2D eigenvalue weighted by Gasteiger charge is 2.17. The molecule has 0 unspecified atom stereocenters. The summed E-state index contributed by atoms with van der Waals surface area (Å²) >= 11 is 1.55. The number of aromatic nitrogens is 2. The van der Waals surface area contributed by atoms with Crippen molar-refractivity contribution >= 4 is 23.5 Å². The van der Waals surface area contributed by atoms with Crippen LogP contribution < -0.4 is 5.43 Å². The predicted molar refractivity (Wildman–Crippen MR) is 118 cm³/mol. The molecule has 0 bridgehead atoms. The first kappa shape index (κ1) is 18.8. The molecule has 0 radical (unpaired) electrons. The highest BCUT2D eigenvalue weighted by atomic mass is 32.1. The minimum atomic E-state index is -0.349. The zero-order valence-electron chi connectivity index (χ0n) is 16.2. The molecular weight excluding hydrogens is 380 g/mol. The fraction of sp³-hybridized carbons (Fsp3) is 0.0870. The smallest absolute Gasteiger partial charge is 0.265 e. The van der Waals surface area contributed by atoms with Crippen molar-refractivity contribution in [2.24, 2.45) is 5.10 Å². The molecule has 29 heavy (non-hydrogen) atoms. The quantitative estimate of drug-likeness (QED) is 0.379. The van der Waals surface area contributed by atoms with Crippen LogP contribution in [0.4, 0.5) is 0 Å². The monoisotopic (exact) mass is 400 g/mol. The summed E-state index contributed by atoms with van der Waals surface area (Å²) in [5.74, 6) is -0.349. The van der Waals surface area contributed by atoms with Gasteiger partial charge in [-0.25, -0.2) is 10.1 Å². The standard InChI is InChI=1S/C23H20N4OS/c1-16-9-11-18(12-10-16)22-14-20(23(28)25-24-15-19-7-5-13-29-19)26-27(22)21-8-4-3-6-17(21)2/h3-15H,1-2H3,(H,25,28)/b24-15-. The van der Waals surface area contributed by atoms with Crippen molar-refractivity contribution in [3.05, 3.63) is 93.8 Å². The van der Waals surface area contributed by atoms with E-state index in [-0.39, 0.29) is 5.91 Å². The van der Waals surface area contributed by atoms with Crippen LogP contribution in [0.3, 0.4) is 0 Å². The van der Waals surface area contributed by atoms with Crippen molar-refractivity contribution in [1.29, 1.82) is 0 Å². The maximum absolute atomic E-state index is 12.6. The third-order valence-electron chi connectivity index (χ3n) is 4.53. The molecule has 4 aromatic rings. The van der Waals surface area contributed by atoms with Gasteiger partial charge in [-0.3, -0.25) is 4.79 Å². The second kappa shape index (κ2) is 8.24. The molecule has 0 saturated carbocycles.